The van der Waals surface area contributed by atoms with E-state index in [0.29, 0.717) is 0 Å². The number of benzene rings is 2. The van der Waals surface area contributed by atoms with Crippen LogP contribution in [0.25, 0.3) is 0 Å². The molecule has 1 heteroatoms. The predicted molar refractivity (Wildman–Crippen MR) is 89.3 cm³/mol. The molecule has 0 heterocycles. The first kappa shape index (κ1) is 13.9. The van der Waals surface area contributed by atoms with Gasteiger partial charge in [0.1, 0.15) is 0 Å². The fourth-order valence-corrected chi connectivity index (χ4v) is 3.15. The van der Waals surface area contributed by atoms with E-state index in [-0.39, 0.29) is 0 Å². The van der Waals surface area contributed by atoms with E-state index in [0.717, 1.165) is 0 Å². The molecule has 0 nitrogen and oxygen atoms in total. The quantitative estimate of drug-likeness (QED) is 0.614. The van der Waals surface area contributed by atoms with Gasteiger partial charge in [-0.25, -0.2) is 0 Å². The van der Waals surface area contributed by atoms with Crippen LogP contribution in [-0.2, 0) is 25.7 Å². The first-order chi connectivity index (χ1) is 9.81. The van der Waals surface area contributed by atoms with Gasteiger partial charge in [-0.15, -0.1) is 0 Å². The molecule has 0 saturated heterocycles. The van der Waals surface area contributed by atoms with E-state index in [9.17, 15) is 0 Å². The Morgan fingerprint density at radius 1 is 0.700 bits per heavy atom. The van der Waals surface area contributed by atoms with Gasteiger partial charge in [0.2, 0.25) is 0 Å². The number of aryl methyl sites for hydroxylation is 4. The summed E-state index contributed by atoms with van der Waals surface area (Å²) in [6.07, 6.45) is 8.98. The molecule has 0 fully saturated rings. The largest absolute Gasteiger partial charge is 0.0588 e. The molecule has 0 atom stereocenters. The summed E-state index contributed by atoms with van der Waals surface area (Å²) in [5.74, 6) is 0. The Hall–Kier alpha value is -1.08. The second-order valence-electron chi connectivity index (χ2n) is 5.79. The van der Waals surface area contributed by atoms with Gasteiger partial charge in [-0.3, -0.25) is 0 Å². The lowest BCUT2D eigenvalue weighted by molar-refractivity contribution is 0.677. The van der Waals surface area contributed by atoms with Crippen LogP contribution in [0, 0.1) is 0 Å². The third-order valence-corrected chi connectivity index (χ3v) is 4.81. The molecule has 0 aromatic heterocycles. The number of fused-ring (bicyclic) bond motifs is 1. The standard InChI is InChI=1S/C19H21Br/c20-19-12-7-15(8-13-19)4-2-1-3-5-16-6-9-17-10-11-18(17)14-16/h6-9,12-14H,1-5,10-11H2. The maximum absolute atomic E-state index is 3.48. The summed E-state index contributed by atoms with van der Waals surface area (Å²) < 4.78 is 1.17. The van der Waals surface area contributed by atoms with Crippen LogP contribution in [0.15, 0.2) is 46.9 Å². The van der Waals surface area contributed by atoms with E-state index in [1.165, 1.54) is 60.5 Å². The maximum Gasteiger partial charge on any atom is 0.0175 e. The first-order valence-electron chi connectivity index (χ1n) is 7.66. The van der Waals surface area contributed by atoms with Gasteiger partial charge in [-0.1, -0.05) is 52.7 Å². The number of unbranched alkanes of at least 4 members (excludes halogenated alkanes) is 2. The minimum absolute atomic E-state index is 1.17. The molecule has 0 aliphatic heterocycles. The molecule has 0 spiro atoms. The third kappa shape index (κ3) is 3.52. The average Bonchev–Trinajstić information content (AvgIpc) is 2.43. The normalized spacial score (nSPS) is 12.8. The fraction of sp³-hybridized carbons (Fsp3) is 0.368. The second-order valence-corrected chi connectivity index (χ2v) is 6.71. The van der Waals surface area contributed by atoms with Crippen LogP contribution in [0.1, 0.15) is 41.5 Å². The lowest BCUT2D eigenvalue weighted by Gasteiger charge is -2.19. The van der Waals surface area contributed by atoms with E-state index < -0.39 is 0 Å². The number of hydrogen-bond donors (Lipinski definition) is 0. The fourth-order valence-electron chi connectivity index (χ4n) is 2.89. The topological polar surface area (TPSA) is 0 Å². The van der Waals surface area contributed by atoms with E-state index in [2.05, 4.69) is 58.4 Å². The predicted octanol–water partition coefficient (Wildman–Crippen LogP) is 5.50. The Morgan fingerprint density at radius 3 is 2.00 bits per heavy atom. The summed E-state index contributed by atoms with van der Waals surface area (Å²) in [6, 6.07) is 15.8. The van der Waals surface area contributed by atoms with Gasteiger partial charge in [0.05, 0.1) is 0 Å². The van der Waals surface area contributed by atoms with Gasteiger partial charge >= 0.3 is 0 Å². The SMILES string of the molecule is Brc1ccc(CCCCCc2ccc3c(c2)CC3)cc1. The zero-order valence-electron chi connectivity index (χ0n) is 11.9. The highest BCUT2D eigenvalue weighted by Crippen LogP contribution is 2.24. The summed E-state index contributed by atoms with van der Waals surface area (Å²) in [5, 5.41) is 0. The summed E-state index contributed by atoms with van der Waals surface area (Å²) >= 11 is 3.48. The molecule has 0 amide bonds. The molecular weight excluding hydrogens is 308 g/mol. The summed E-state index contributed by atoms with van der Waals surface area (Å²) in [5.41, 5.74) is 6.16. The van der Waals surface area contributed by atoms with Crippen LogP contribution in [0.5, 0.6) is 0 Å². The van der Waals surface area contributed by atoms with Crippen LogP contribution >= 0.6 is 15.9 Å². The van der Waals surface area contributed by atoms with Crippen LogP contribution < -0.4 is 0 Å². The average molecular weight is 329 g/mol. The number of hydrogen-bond acceptors (Lipinski definition) is 0. The van der Waals surface area contributed by atoms with Crippen molar-refractivity contribution < 1.29 is 0 Å². The van der Waals surface area contributed by atoms with Crippen molar-refractivity contribution in [2.75, 3.05) is 0 Å². The summed E-state index contributed by atoms with van der Waals surface area (Å²) in [4.78, 5) is 0. The Morgan fingerprint density at radius 2 is 1.35 bits per heavy atom. The van der Waals surface area contributed by atoms with E-state index in [1.54, 1.807) is 11.1 Å². The van der Waals surface area contributed by atoms with Crippen molar-refractivity contribution in [3.8, 4) is 0 Å². The molecule has 104 valence electrons. The molecule has 2 aromatic carbocycles. The molecule has 0 unspecified atom stereocenters. The second kappa shape index (κ2) is 6.58. The van der Waals surface area contributed by atoms with Crippen LogP contribution in [0.3, 0.4) is 0 Å². The zero-order valence-corrected chi connectivity index (χ0v) is 13.5. The molecule has 0 bridgehead atoms. The third-order valence-electron chi connectivity index (χ3n) is 4.28. The van der Waals surface area contributed by atoms with Crippen molar-refractivity contribution in [2.45, 2.75) is 44.9 Å². The van der Waals surface area contributed by atoms with Crippen LogP contribution in [-0.4, -0.2) is 0 Å². The highest BCUT2D eigenvalue weighted by molar-refractivity contribution is 9.10. The molecule has 0 radical (unpaired) electrons. The van der Waals surface area contributed by atoms with E-state index in [4.69, 9.17) is 0 Å². The number of rotatable bonds is 6. The molecule has 2 aromatic rings. The van der Waals surface area contributed by atoms with Gasteiger partial charge in [0.15, 0.2) is 0 Å². The summed E-state index contributed by atoms with van der Waals surface area (Å²) in [7, 11) is 0. The Bertz CT molecular complexity index is 569. The summed E-state index contributed by atoms with van der Waals surface area (Å²) in [6.45, 7) is 0. The maximum atomic E-state index is 3.48. The molecule has 1 aliphatic rings. The lowest BCUT2D eigenvalue weighted by atomic mass is 9.86. The van der Waals surface area contributed by atoms with Crippen LogP contribution in [0.2, 0.25) is 0 Å². The van der Waals surface area contributed by atoms with Crippen molar-refractivity contribution >= 4 is 15.9 Å². The Labute approximate surface area is 130 Å². The molecule has 3 rings (SSSR count). The van der Waals surface area contributed by atoms with Crippen molar-refractivity contribution in [1.82, 2.24) is 0 Å². The van der Waals surface area contributed by atoms with Gasteiger partial charge < -0.3 is 0 Å². The van der Waals surface area contributed by atoms with Crippen molar-refractivity contribution in [1.29, 1.82) is 0 Å². The smallest absolute Gasteiger partial charge is 0.0175 e. The van der Waals surface area contributed by atoms with Crippen molar-refractivity contribution in [2.24, 2.45) is 0 Å². The van der Waals surface area contributed by atoms with Crippen LogP contribution in [0.4, 0.5) is 0 Å². The minimum atomic E-state index is 1.17. The van der Waals surface area contributed by atoms with E-state index >= 15 is 0 Å². The highest BCUT2D eigenvalue weighted by Gasteiger charge is 2.12. The van der Waals surface area contributed by atoms with E-state index in [1.807, 2.05) is 0 Å². The first-order valence-corrected chi connectivity index (χ1v) is 8.46. The van der Waals surface area contributed by atoms with Gasteiger partial charge in [-0.05, 0) is 72.9 Å². The van der Waals surface area contributed by atoms with Crippen molar-refractivity contribution in [3.63, 3.8) is 0 Å². The molecule has 0 N–H and O–H groups in total. The number of halogens is 1. The lowest BCUT2D eigenvalue weighted by Crippen LogP contribution is -2.08. The Balaban J connectivity index is 1.37. The van der Waals surface area contributed by atoms with Gasteiger partial charge in [-0.2, -0.15) is 0 Å². The minimum Gasteiger partial charge on any atom is -0.0588 e. The van der Waals surface area contributed by atoms with Gasteiger partial charge in [0, 0.05) is 4.47 Å². The molecule has 1 aliphatic carbocycles. The highest BCUT2D eigenvalue weighted by atomic mass is 79.9. The van der Waals surface area contributed by atoms with Crippen molar-refractivity contribution in [3.05, 3.63) is 69.2 Å². The van der Waals surface area contributed by atoms with Gasteiger partial charge in [0.25, 0.3) is 0 Å². The Kier molecular flexibility index (Phi) is 4.57. The monoisotopic (exact) mass is 328 g/mol. The molecule has 0 saturated carbocycles. The molecular formula is C19H21Br. The zero-order chi connectivity index (χ0) is 13.8. The molecule has 20 heavy (non-hydrogen) atoms.